The van der Waals surface area contributed by atoms with Gasteiger partial charge in [-0.3, -0.25) is 5.10 Å². The molecule has 90 valence electrons. The number of aromatic nitrogens is 2. The summed E-state index contributed by atoms with van der Waals surface area (Å²) in [5.74, 6) is -0.417. The molecular formula is C13H16N2O2. The van der Waals surface area contributed by atoms with Crippen molar-refractivity contribution in [3.63, 3.8) is 0 Å². The van der Waals surface area contributed by atoms with E-state index in [4.69, 9.17) is 0 Å². The van der Waals surface area contributed by atoms with Gasteiger partial charge in [-0.15, -0.1) is 0 Å². The van der Waals surface area contributed by atoms with Crippen molar-refractivity contribution in [3.05, 3.63) is 29.5 Å². The number of fused-ring (bicyclic) bond motifs is 1. The molecule has 1 N–H and O–H groups in total. The number of esters is 1. The Morgan fingerprint density at radius 2 is 2.06 bits per heavy atom. The number of carbonyl (C=O) groups is 1. The van der Waals surface area contributed by atoms with E-state index in [2.05, 4.69) is 35.7 Å². The third-order valence-electron chi connectivity index (χ3n) is 2.81. The van der Waals surface area contributed by atoms with Gasteiger partial charge in [0.2, 0.25) is 0 Å². The average molecular weight is 232 g/mol. The molecular weight excluding hydrogens is 216 g/mol. The molecule has 4 heteroatoms. The van der Waals surface area contributed by atoms with Crippen LogP contribution in [0.25, 0.3) is 10.9 Å². The van der Waals surface area contributed by atoms with Crippen LogP contribution in [0, 0.1) is 0 Å². The summed E-state index contributed by atoms with van der Waals surface area (Å²) in [4.78, 5) is 11.5. The number of nitrogens with zero attached hydrogens (tertiary/aromatic N) is 1. The summed E-state index contributed by atoms with van der Waals surface area (Å²) in [6, 6.07) is 5.95. The molecule has 0 unspecified atom stereocenters. The van der Waals surface area contributed by atoms with Crippen molar-refractivity contribution in [2.24, 2.45) is 0 Å². The lowest BCUT2D eigenvalue weighted by atomic mass is 9.86. The standard InChI is InChI=1S/C13H16N2O2/c1-13(2,3)8-5-6-9-10(7-8)14-15-11(9)12(16)17-4/h5-7H,1-4H3,(H,14,15). The maximum atomic E-state index is 11.5. The second-order valence-electron chi connectivity index (χ2n) is 5.07. The molecule has 4 nitrogen and oxygen atoms in total. The van der Waals surface area contributed by atoms with E-state index in [9.17, 15) is 4.79 Å². The molecule has 0 aliphatic carbocycles. The molecule has 0 aliphatic rings. The van der Waals surface area contributed by atoms with E-state index in [-0.39, 0.29) is 5.41 Å². The highest BCUT2D eigenvalue weighted by atomic mass is 16.5. The summed E-state index contributed by atoms with van der Waals surface area (Å²) in [6.07, 6.45) is 0. The van der Waals surface area contributed by atoms with Gasteiger partial charge in [0.05, 0.1) is 12.6 Å². The minimum Gasteiger partial charge on any atom is -0.464 e. The van der Waals surface area contributed by atoms with Gasteiger partial charge in [-0.1, -0.05) is 32.9 Å². The van der Waals surface area contributed by atoms with Gasteiger partial charge in [-0.25, -0.2) is 4.79 Å². The summed E-state index contributed by atoms with van der Waals surface area (Å²) in [7, 11) is 1.35. The Balaban J connectivity index is 2.56. The Bertz CT molecular complexity index is 564. The normalized spacial score (nSPS) is 11.8. The van der Waals surface area contributed by atoms with Crippen LogP contribution in [-0.4, -0.2) is 23.3 Å². The Morgan fingerprint density at radius 3 is 2.65 bits per heavy atom. The Labute approximate surface area is 100.0 Å². The van der Waals surface area contributed by atoms with Gasteiger partial charge in [0.1, 0.15) is 0 Å². The predicted molar refractivity (Wildman–Crippen MR) is 66.1 cm³/mol. The van der Waals surface area contributed by atoms with E-state index in [1.54, 1.807) is 0 Å². The van der Waals surface area contributed by atoms with Crippen LogP contribution in [0.15, 0.2) is 18.2 Å². The van der Waals surface area contributed by atoms with Crippen LogP contribution in [0.2, 0.25) is 0 Å². The predicted octanol–water partition coefficient (Wildman–Crippen LogP) is 2.65. The van der Waals surface area contributed by atoms with Gasteiger partial charge in [0.15, 0.2) is 5.69 Å². The number of hydrogen-bond donors (Lipinski definition) is 1. The summed E-state index contributed by atoms with van der Waals surface area (Å²) >= 11 is 0. The van der Waals surface area contributed by atoms with Crippen LogP contribution < -0.4 is 0 Å². The molecule has 1 aromatic carbocycles. The molecule has 0 saturated heterocycles. The second-order valence-corrected chi connectivity index (χ2v) is 5.07. The molecule has 2 rings (SSSR count). The summed E-state index contributed by atoms with van der Waals surface area (Å²) < 4.78 is 4.68. The molecule has 1 heterocycles. The zero-order chi connectivity index (χ0) is 12.6. The van der Waals surface area contributed by atoms with Crippen LogP contribution >= 0.6 is 0 Å². The van der Waals surface area contributed by atoms with Crippen molar-refractivity contribution in [3.8, 4) is 0 Å². The number of H-pyrrole nitrogens is 1. The van der Waals surface area contributed by atoms with E-state index in [0.29, 0.717) is 5.69 Å². The van der Waals surface area contributed by atoms with Crippen LogP contribution in [-0.2, 0) is 10.2 Å². The van der Waals surface area contributed by atoms with Crippen molar-refractivity contribution in [2.45, 2.75) is 26.2 Å². The molecule has 0 spiro atoms. The number of carbonyl (C=O) groups excluding carboxylic acids is 1. The summed E-state index contributed by atoms with van der Waals surface area (Å²) in [6.45, 7) is 6.43. The number of benzene rings is 1. The first-order chi connectivity index (χ1) is 7.93. The highest BCUT2D eigenvalue weighted by molar-refractivity contribution is 6.01. The molecule has 0 aliphatic heterocycles. The number of methoxy groups -OCH3 is 1. The van der Waals surface area contributed by atoms with Crippen LogP contribution in [0.5, 0.6) is 0 Å². The van der Waals surface area contributed by atoms with Gasteiger partial charge in [-0.05, 0) is 17.0 Å². The first kappa shape index (κ1) is 11.6. The van der Waals surface area contributed by atoms with Gasteiger partial charge in [0.25, 0.3) is 0 Å². The van der Waals surface area contributed by atoms with E-state index in [1.165, 1.54) is 12.7 Å². The quantitative estimate of drug-likeness (QED) is 0.769. The minimum absolute atomic E-state index is 0.0741. The fraction of sp³-hybridized carbons (Fsp3) is 0.385. The van der Waals surface area contributed by atoms with E-state index >= 15 is 0 Å². The van der Waals surface area contributed by atoms with Gasteiger partial charge in [0, 0.05) is 5.39 Å². The Kier molecular flexibility index (Phi) is 2.65. The van der Waals surface area contributed by atoms with E-state index < -0.39 is 5.97 Å². The molecule has 0 fully saturated rings. The largest absolute Gasteiger partial charge is 0.464 e. The summed E-state index contributed by atoms with van der Waals surface area (Å²) in [5.41, 5.74) is 2.47. The molecule has 0 radical (unpaired) electrons. The SMILES string of the molecule is COC(=O)c1n[nH]c2cc(C(C)(C)C)ccc12. The first-order valence-electron chi connectivity index (χ1n) is 5.50. The fourth-order valence-electron chi connectivity index (χ4n) is 1.74. The molecule has 0 atom stereocenters. The second kappa shape index (κ2) is 3.87. The highest BCUT2D eigenvalue weighted by Crippen LogP contribution is 2.26. The van der Waals surface area contributed by atoms with Crippen molar-refractivity contribution in [1.29, 1.82) is 0 Å². The maximum absolute atomic E-state index is 11.5. The number of nitrogens with one attached hydrogen (secondary N) is 1. The van der Waals surface area contributed by atoms with Crippen molar-refractivity contribution >= 4 is 16.9 Å². The van der Waals surface area contributed by atoms with Gasteiger partial charge >= 0.3 is 5.97 Å². The van der Waals surface area contributed by atoms with E-state index in [1.807, 2.05) is 18.2 Å². The minimum atomic E-state index is -0.417. The molecule has 0 bridgehead atoms. The maximum Gasteiger partial charge on any atom is 0.359 e. The van der Waals surface area contributed by atoms with Crippen molar-refractivity contribution in [1.82, 2.24) is 10.2 Å². The highest BCUT2D eigenvalue weighted by Gasteiger charge is 2.18. The zero-order valence-corrected chi connectivity index (χ0v) is 10.5. The first-order valence-corrected chi connectivity index (χ1v) is 5.50. The van der Waals surface area contributed by atoms with Crippen molar-refractivity contribution < 1.29 is 9.53 Å². The van der Waals surface area contributed by atoms with Crippen LogP contribution in [0.1, 0.15) is 36.8 Å². The zero-order valence-electron chi connectivity index (χ0n) is 10.5. The molecule has 17 heavy (non-hydrogen) atoms. The van der Waals surface area contributed by atoms with Crippen LogP contribution in [0.4, 0.5) is 0 Å². The number of hydrogen-bond acceptors (Lipinski definition) is 3. The van der Waals surface area contributed by atoms with E-state index in [0.717, 1.165) is 10.9 Å². The fourth-order valence-corrected chi connectivity index (χ4v) is 1.74. The summed E-state index contributed by atoms with van der Waals surface area (Å²) in [5, 5.41) is 7.65. The molecule has 2 aromatic rings. The van der Waals surface area contributed by atoms with Gasteiger partial charge < -0.3 is 4.74 Å². The third kappa shape index (κ3) is 2.02. The lowest BCUT2D eigenvalue weighted by Gasteiger charge is -2.18. The van der Waals surface area contributed by atoms with Crippen molar-refractivity contribution in [2.75, 3.05) is 7.11 Å². The topological polar surface area (TPSA) is 55.0 Å². The average Bonchev–Trinajstić information content (AvgIpc) is 2.69. The Hall–Kier alpha value is -1.84. The number of ether oxygens (including phenoxy) is 1. The van der Waals surface area contributed by atoms with Crippen LogP contribution in [0.3, 0.4) is 0 Å². The van der Waals surface area contributed by atoms with Gasteiger partial charge in [-0.2, -0.15) is 5.10 Å². The number of rotatable bonds is 1. The molecule has 0 amide bonds. The smallest absolute Gasteiger partial charge is 0.359 e. The lowest BCUT2D eigenvalue weighted by molar-refractivity contribution is 0.0596. The third-order valence-corrected chi connectivity index (χ3v) is 2.81. The Morgan fingerprint density at radius 1 is 1.35 bits per heavy atom. The number of aromatic amines is 1. The monoisotopic (exact) mass is 232 g/mol. The molecule has 0 saturated carbocycles. The molecule has 1 aromatic heterocycles. The lowest BCUT2D eigenvalue weighted by Crippen LogP contribution is -2.10.